The summed E-state index contributed by atoms with van der Waals surface area (Å²) in [6.07, 6.45) is -7.70. The lowest BCUT2D eigenvalue weighted by atomic mass is 9.95. The number of thiophene rings is 1. The molecule has 1 aliphatic rings. The first-order chi connectivity index (χ1) is 19.0. The Morgan fingerprint density at radius 3 is 2.41 bits per heavy atom. The van der Waals surface area contributed by atoms with Gasteiger partial charge >= 0.3 is 6.18 Å². The fourth-order valence-corrected chi connectivity index (χ4v) is 5.23. The van der Waals surface area contributed by atoms with E-state index in [1.165, 1.54) is 24.3 Å². The van der Waals surface area contributed by atoms with Gasteiger partial charge in [0.25, 0.3) is 18.2 Å². The van der Waals surface area contributed by atoms with Gasteiger partial charge in [-0.1, -0.05) is 32.4 Å². The van der Waals surface area contributed by atoms with E-state index in [0.717, 1.165) is 27.2 Å². The van der Waals surface area contributed by atoms with Crippen LogP contribution in [0.5, 0.6) is 0 Å². The molecule has 2 heterocycles. The fraction of sp³-hybridized carbons (Fsp3) is 0.500. The Balaban J connectivity index is 1.91. The minimum atomic E-state index is -4.68. The van der Waals surface area contributed by atoms with E-state index in [0.29, 0.717) is 4.34 Å². The second kappa shape index (κ2) is 13.4. The van der Waals surface area contributed by atoms with Gasteiger partial charge in [0.2, 0.25) is 5.91 Å². The number of hydrogen-bond donors (Lipinski definition) is 2. The molecule has 1 aliphatic heterocycles. The van der Waals surface area contributed by atoms with Gasteiger partial charge in [0.05, 0.1) is 28.1 Å². The zero-order valence-corrected chi connectivity index (χ0v) is 24.1. The van der Waals surface area contributed by atoms with E-state index >= 15 is 0 Å². The maximum absolute atomic E-state index is 14.0. The van der Waals surface area contributed by atoms with E-state index in [-0.39, 0.29) is 42.6 Å². The van der Waals surface area contributed by atoms with E-state index in [1.54, 1.807) is 20.8 Å². The van der Waals surface area contributed by atoms with Crippen LogP contribution in [0.4, 0.5) is 33.3 Å². The quantitative estimate of drug-likeness (QED) is 0.348. The molecule has 41 heavy (non-hydrogen) atoms. The van der Waals surface area contributed by atoms with Crippen LogP contribution < -0.4 is 15.5 Å². The van der Waals surface area contributed by atoms with E-state index in [1.807, 2.05) is 0 Å². The van der Waals surface area contributed by atoms with Crippen molar-refractivity contribution in [2.24, 2.45) is 5.41 Å². The molecule has 1 saturated heterocycles. The molecule has 1 atom stereocenters. The predicted octanol–water partition coefficient (Wildman–Crippen LogP) is 5.35. The summed E-state index contributed by atoms with van der Waals surface area (Å²) in [6.45, 7) is 2.88. The molecule has 8 nitrogen and oxygen atoms in total. The van der Waals surface area contributed by atoms with Gasteiger partial charge in [0.1, 0.15) is 12.6 Å². The van der Waals surface area contributed by atoms with Crippen LogP contribution in [0.2, 0.25) is 4.34 Å². The highest BCUT2D eigenvalue weighted by Crippen LogP contribution is 2.33. The number of nitrogens with zero attached hydrogens (tertiary/aromatic N) is 2. The van der Waals surface area contributed by atoms with Crippen LogP contribution in [0.3, 0.4) is 0 Å². The number of morpholine rings is 1. The molecule has 226 valence electrons. The number of carbonyl (C=O) groups is 3. The van der Waals surface area contributed by atoms with Crippen LogP contribution in [0, 0.1) is 5.41 Å². The average molecular weight is 625 g/mol. The number of anilines is 2. The second-order valence-electron chi connectivity index (χ2n) is 10.6. The summed E-state index contributed by atoms with van der Waals surface area (Å²) >= 11 is 6.82. The summed E-state index contributed by atoms with van der Waals surface area (Å²) in [6, 6.07) is 4.89. The molecule has 0 aliphatic carbocycles. The lowest BCUT2D eigenvalue weighted by molar-refractivity contribution is -0.156. The van der Waals surface area contributed by atoms with Crippen molar-refractivity contribution in [3.63, 3.8) is 0 Å². The molecule has 1 fully saturated rings. The number of carbonyl (C=O) groups excluding carboxylic acids is 3. The van der Waals surface area contributed by atoms with Crippen molar-refractivity contribution < 1.29 is 41.1 Å². The lowest BCUT2D eigenvalue weighted by Crippen LogP contribution is -2.55. The van der Waals surface area contributed by atoms with Crippen LogP contribution in [0.1, 0.15) is 42.4 Å². The molecule has 0 spiro atoms. The summed E-state index contributed by atoms with van der Waals surface area (Å²) < 4.78 is 74.1. The van der Waals surface area contributed by atoms with Crippen LogP contribution in [0.15, 0.2) is 30.3 Å². The van der Waals surface area contributed by atoms with Gasteiger partial charge < -0.3 is 20.3 Å². The van der Waals surface area contributed by atoms with Crippen LogP contribution >= 0.6 is 22.9 Å². The van der Waals surface area contributed by atoms with Crippen LogP contribution in [0.25, 0.3) is 0 Å². The number of hydrogen-bond acceptors (Lipinski definition) is 6. The average Bonchev–Trinajstić information content (AvgIpc) is 3.29. The van der Waals surface area contributed by atoms with Gasteiger partial charge in [0.15, 0.2) is 0 Å². The smallest absolute Gasteiger partial charge is 0.370 e. The van der Waals surface area contributed by atoms with E-state index in [2.05, 4.69) is 10.6 Å². The molecule has 1 aromatic carbocycles. The number of halogens is 6. The maximum Gasteiger partial charge on any atom is 0.401 e. The fourth-order valence-electron chi connectivity index (χ4n) is 4.27. The summed E-state index contributed by atoms with van der Waals surface area (Å²) in [4.78, 5) is 40.5. The number of rotatable bonds is 10. The zero-order chi connectivity index (χ0) is 30.5. The van der Waals surface area contributed by atoms with Crippen molar-refractivity contribution in [1.82, 2.24) is 10.2 Å². The molecule has 1 aromatic heterocycles. The Bertz CT molecular complexity index is 1240. The Hall–Kier alpha value is -2.81. The van der Waals surface area contributed by atoms with Crippen molar-refractivity contribution in [3.8, 4) is 0 Å². The molecule has 0 radical (unpaired) electrons. The Morgan fingerprint density at radius 1 is 1.15 bits per heavy atom. The molecular weight excluding hydrogens is 595 g/mol. The summed E-state index contributed by atoms with van der Waals surface area (Å²) in [7, 11) is 0. The third-order valence-corrected chi connectivity index (χ3v) is 7.09. The second-order valence-corrected chi connectivity index (χ2v) is 12.3. The maximum atomic E-state index is 14.0. The number of nitrogens with one attached hydrogen (secondary N) is 2. The van der Waals surface area contributed by atoms with Crippen molar-refractivity contribution in [2.75, 3.05) is 49.6 Å². The minimum Gasteiger partial charge on any atom is -0.370 e. The largest absolute Gasteiger partial charge is 0.401 e. The standard InChI is InChI=1S/C26H30ClF5N4O4S/c1-25(2,3)13-35(14-26(30,31)32)18(11-33-24(39)19-6-7-20(27)41-19)23(38)34-15-4-5-17(16(10-15)22(28)29)36-8-9-40-12-21(36)37/h4-7,10,18,22H,8-9,11-14H2,1-3H3,(H,33,39)(H,34,38)/t18-/m1/s1. The third-order valence-electron chi connectivity index (χ3n) is 5.86. The van der Waals surface area contributed by atoms with E-state index in [9.17, 15) is 36.3 Å². The first-order valence-corrected chi connectivity index (χ1v) is 13.7. The van der Waals surface area contributed by atoms with Crippen molar-refractivity contribution in [3.05, 3.63) is 45.1 Å². The van der Waals surface area contributed by atoms with Crippen molar-refractivity contribution in [2.45, 2.75) is 39.4 Å². The molecule has 2 N–H and O–H groups in total. The monoisotopic (exact) mass is 624 g/mol. The molecule has 0 bridgehead atoms. The van der Waals surface area contributed by atoms with Crippen LogP contribution in [-0.4, -0.2) is 74.2 Å². The number of amides is 3. The Morgan fingerprint density at radius 2 is 1.85 bits per heavy atom. The van der Waals surface area contributed by atoms with Gasteiger partial charge in [-0.05, 0) is 35.7 Å². The number of benzene rings is 1. The SMILES string of the molecule is CC(C)(C)CN(CC(F)(F)F)[C@H](CNC(=O)c1ccc(Cl)s1)C(=O)Nc1ccc(N2CCOCC2=O)c(C(F)F)c1. The summed E-state index contributed by atoms with van der Waals surface area (Å²) in [5, 5.41) is 4.90. The van der Waals surface area contributed by atoms with E-state index in [4.69, 9.17) is 16.3 Å². The number of alkyl halides is 5. The van der Waals surface area contributed by atoms with Crippen molar-refractivity contribution >= 4 is 52.0 Å². The Labute approximate surface area is 242 Å². The highest BCUT2D eigenvalue weighted by molar-refractivity contribution is 7.18. The van der Waals surface area contributed by atoms with Gasteiger partial charge in [-0.3, -0.25) is 19.3 Å². The summed E-state index contributed by atoms with van der Waals surface area (Å²) in [5.74, 6) is -2.09. The normalized spacial score (nSPS) is 15.4. The molecule has 0 saturated carbocycles. The van der Waals surface area contributed by atoms with Gasteiger partial charge in [-0.15, -0.1) is 11.3 Å². The molecule has 2 aromatic rings. The van der Waals surface area contributed by atoms with Gasteiger partial charge in [-0.25, -0.2) is 8.78 Å². The zero-order valence-electron chi connectivity index (χ0n) is 22.5. The number of ether oxygens (including phenoxy) is 1. The molecule has 3 rings (SSSR count). The van der Waals surface area contributed by atoms with Gasteiger partial charge in [0, 0.05) is 30.9 Å². The van der Waals surface area contributed by atoms with Crippen molar-refractivity contribution in [1.29, 1.82) is 0 Å². The van der Waals surface area contributed by atoms with Crippen LogP contribution in [-0.2, 0) is 14.3 Å². The highest BCUT2D eigenvalue weighted by Gasteiger charge is 2.38. The topological polar surface area (TPSA) is 91.0 Å². The van der Waals surface area contributed by atoms with E-state index < -0.39 is 60.4 Å². The lowest BCUT2D eigenvalue weighted by Gasteiger charge is -2.36. The summed E-state index contributed by atoms with van der Waals surface area (Å²) in [5.41, 5.74) is -1.39. The molecule has 0 unspecified atom stereocenters. The molecular formula is C26H30ClF5N4O4S. The highest BCUT2D eigenvalue weighted by atomic mass is 35.5. The Kier molecular flexibility index (Phi) is 10.7. The first kappa shape index (κ1) is 32.7. The molecule has 3 amide bonds. The predicted molar refractivity (Wildman–Crippen MR) is 146 cm³/mol. The first-order valence-electron chi connectivity index (χ1n) is 12.5. The molecule has 15 heteroatoms. The minimum absolute atomic E-state index is 0.0562. The van der Waals surface area contributed by atoms with Gasteiger partial charge in [-0.2, -0.15) is 13.2 Å². The third kappa shape index (κ3) is 9.62.